The van der Waals surface area contributed by atoms with E-state index in [9.17, 15) is 4.79 Å². The molecule has 4 aromatic rings. The normalized spacial score (nSPS) is 23.9. The largest absolute Gasteiger partial charge is 0.349 e. The quantitative estimate of drug-likeness (QED) is 0.395. The topological polar surface area (TPSA) is 29.1 Å². The summed E-state index contributed by atoms with van der Waals surface area (Å²) in [5.74, 6) is 0.507. The summed E-state index contributed by atoms with van der Waals surface area (Å²) in [4.78, 5) is 13.9. The highest BCUT2D eigenvalue weighted by Gasteiger charge is 2.53. The molecule has 0 unspecified atom stereocenters. The third kappa shape index (κ3) is 2.69. The Bertz CT molecular complexity index is 1300. The van der Waals surface area contributed by atoms with Gasteiger partial charge in [-0.1, -0.05) is 91.0 Å². The fourth-order valence-electron chi connectivity index (χ4n) is 6.26. The van der Waals surface area contributed by atoms with Gasteiger partial charge < -0.3 is 5.32 Å². The molecule has 1 amide bonds. The van der Waals surface area contributed by atoms with Crippen LogP contribution in [0.2, 0.25) is 0 Å². The molecule has 32 heavy (non-hydrogen) atoms. The molecule has 7 rings (SSSR count). The van der Waals surface area contributed by atoms with Crippen LogP contribution in [0.15, 0.2) is 91.0 Å². The first kappa shape index (κ1) is 19.3. The Kier molecular flexibility index (Phi) is 4.26. The highest BCUT2D eigenvalue weighted by atomic mass is 16.2. The van der Waals surface area contributed by atoms with Crippen LogP contribution in [0.3, 0.4) is 0 Å². The van der Waals surface area contributed by atoms with Crippen molar-refractivity contribution < 1.29 is 4.79 Å². The van der Waals surface area contributed by atoms with Crippen molar-refractivity contribution in [2.24, 2.45) is 5.41 Å². The molecule has 2 nitrogen and oxygen atoms in total. The molecule has 0 saturated heterocycles. The van der Waals surface area contributed by atoms with Gasteiger partial charge in [0.05, 0.1) is 11.5 Å². The molecule has 158 valence electrons. The van der Waals surface area contributed by atoms with E-state index in [1.165, 1.54) is 38.6 Å². The van der Waals surface area contributed by atoms with Gasteiger partial charge in [-0.3, -0.25) is 4.79 Å². The lowest BCUT2D eigenvalue weighted by atomic mass is 9.52. The molecule has 0 saturated carbocycles. The first-order valence-electron chi connectivity index (χ1n) is 11.5. The van der Waals surface area contributed by atoms with Crippen LogP contribution in [-0.2, 0) is 4.79 Å². The summed E-state index contributed by atoms with van der Waals surface area (Å²) in [6, 6.07) is 32.1. The molecule has 2 atom stereocenters. The van der Waals surface area contributed by atoms with E-state index < -0.39 is 5.41 Å². The van der Waals surface area contributed by atoms with E-state index in [1.807, 2.05) is 0 Å². The lowest BCUT2D eigenvalue weighted by Gasteiger charge is -2.51. The second-order valence-electron chi connectivity index (χ2n) is 9.63. The van der Waals surface area contributed by atoms with Gasteiger partial charge in [-0.15, -0.1) is 0 Å². The van der Waals surface area contributed by atoms with E-state index in [-0.39, 0.29) is 23.8 Å². The molecular formula is C30H27NO. The summed E-state index contributed by atoms with van der Waals surface area (Å²) < 4.78 is 0. The molecular weight excluding hydrogens is 390 g/mol. The number of benzene rings is 4. The number of nitrogens with one attached hydrogen (secondary N) is 1. The number of hydrogen-bond donors (Lipinski definition) is 1. The van der Waals surface area contributed by atoms with Gasteiger partial charge in [-0.05, 0) is 58.9 Å². The summed E-state index contributed by atoms with van der Waals surface area (Å²) in [6.07, 6.45) is 0.847. The molecule has 1 N–H and O–H groups in total. The highest BCUT2D eigenvalue weighted by Crippen LogP contribution is 2.61. The maximum absolute atomic E-state index is 13.9. The SMILES string of the molecule is C[C@H](NC(=O)[C@@]1(C)CC2c3ccccc3C1c1ccccc12)c1cccc2ccccc12. The van der Waals surface area contributed by atoms with Gasteiger partial charge in [-0.25, -0.2) is 0 Å². The molecule has 0 aromatic heterocycles. The minimum Gasteiger partial charge on any atom is -0.349 e. The Labute approximate surface area is 189 Å². The lowest BCUT2D eigenvalue weighted by Crippen LogP contribution is -2.50. The molecule has 0 heterocycles. The van der Waals surface area contributed by atoms with E-state index in [1.54, 1.807) is 0 Å². The Morgan fingerprint density at radius 3 is 2.06 bits per heavy atom. The number of rotatable bonds is 3. The Morgan fingerprint density at radius 2 is 1.38 bits per heavy atom. The zero-order valence-electron chi connectivity index (χ0n) is 18.5. The van der Waals surface area contributed by atoms with Crippen molar-refractivity contribution in [3.63, 3.8) is 0 Å². The third-order valence-corrected chi connectivity index (χ3v) is 7.79. The van der Waals surface area contributed by atoms with Gasteiger partial charge in [0.25, 0.3) is 0 Å². The standard InChI is InChI=1S/C30H27NO/c1-19(21-17-9-11-20-10-3-4-12-22(20)21)31-29(32)30(2)18-27-23-13-5-7-15-25(23)28(30)26-16-8-6-14-24(26)27/h3-17,19,27-28H,18H2,1-2H3,(H,31,32)/t19-,27?,28?,30-/m0/s1. The van der Waals surface area contributed by atoms with Gasteiger partial charge in [0.15, 0.2) is 0 Å². The fourth-order valence-corrected chi connectivity index (χ4v) is 6.26. The van der Waals surface area contributed by atoms with Gasteiger partial charge >= 0.3 is 0 Å². The molecule has 0 fully saturated rings. The number of fused-ring (bicyclic) bond motifs is 2. The lowest BCUT2D eigenvalue weighted by molar-refractivity contribution is -0.133. The van der Waals surface area contributed by atoms with Crippen molar-refractivity contribution in [1.82, 2.24) is 5.32 Å². The maximum atomic E-state index is 13.9. The summed E-state index contributed by atoms with van der Waals surface area (Å²) >= 11 is 0. The monoisotopic (exact) mass is 417 g/mol. The second kappa shape index (κ2) is 7.06. The summed E-state index contributed by atoms with van der Waals surface area (Å²) in [5, 5.41) is 5.81. The average molecular weight is 418 g/mol. The van der Waals surface area contributed by atoms with Crippen molar-refractivity contribution in [3.8, 4) is 0 Å². The molecule has 2 bridgehead atoms. The van der Waals surface area contributed by atoms with Crippen molar-refractivity contribution in [2.75, 3.05) is 0 Å². The second-order valence-corrected chi connectivity index (χ2v) is 9.63. The van der Waals surface area contributed by atoms with E-state index in [0.717, 1.165) is 6.42 Å². The van der Waals surface area contributed by atoms with Gasteiger partial charge in [0.2, 0.25) is 5.91 Å². The molecule has 0 spiro atoms. The van der Waals surface area contributed by atoms with Crippen LogP contribution in [0.5, 0.6) is 0 Å². The van der Waals surface area contributed by atoms with Gasteiger partial charge in [-0.2, -0.15) is 0 Å². The predicted octanol–water partition coefficient (Wildman–Crippen LogP) is 6.70. The van der Waals surface area contributed by atoms with Crippen LogP contribution in [0.1, 0.15) is 66.0 Å². The van der Waals surface area contributed by atoms with Gasteiger partial charge in [0.1, 0.15) is 0 Å². The number of carbonyl (C=O) groups is 1. The van der Waals surface area contributed by atoms with E-state index in [0.29, 0.717) is 0 Å². The molecule has 4 aromatic carbocycles. The first-order chi connectivity index (χ1) is 15.6. The Morgan fingerprint density at radius 1 is 0.812 bits per heavy atom. The van der Waals surface area contributed by atoms with E-state index >= 15 is 0 Å². The first-order valence-corrected chi connectivity index (χ1v) is 11.5. The zero-order chi connectivity index (χ0) is 21.9. The van der Waals surface area contributed by atoms with Gasteiger partial charge in [0, 0.05) is 11.8 Å². The molecule has 3 aliphatic carbocycles. The third-order valence-electron chi connectivity index (χ3n) is 7.79. The summed E-state index contributed by atoms with van der Waals surface area (Å²) in [7, 11) is 0. The average Bonchev–Trinajstić information content (AvgIpc) is 2.83. The zero-order valence-corrected chi connectivity index (χ0v) is 18.5. The smallest absolute Gasteiger partial charge is 0.227 e. The van der Waals surface area contributed by atoms with Crippen molar-refractivity contribution in [3.05, 3.63) is 119 Å². The Hall–Kier alpha value is -3.39. The highest BCUT2D eigenvalue weighted by molar-refractivity contribution is 5.89. The Balaban J connectivity index is 1.39. The predicted molar refractivity (Wildman–Crippen MR) is 130 cm³/mol. The van der Waals surface area contributed by atoms with E-state index in [4.69, 9.17) is 0 Å². The van der Waals surface area contributed by atoms with Crippen LogP contribution >= 0.6 is 0 Å². The summed E-state index contributed by atoms with van der Waals surface area (Å²) in [5.41, 5.74) is 6.11. The van der Waals surface area contributed by atoms with Crippen LogP contribution in [0.25, 0.3) is 10.8 Å². The number of carbonyl (C=O) groups excluding carboxylic acids is 1. The molecule has 0 radical (unpaired) electrons. The molecule has 3 aliphatic rings. The van der Waals surface area contributed by atoms with Crippen LogP contribution in [-0.4, -0.2) is 5.91 Å². The number of amides is 1. The fraction of sp³-hybridized carbons (Fsp3) is 0.233. The van der Waals surface area contributed by atoms with E-state index in [2.05, 4.69) is 110 Å². The van der Waals surface area contributed by atoms with Crippen LogP contribution in [0, 0.1) is 5.41 Å². The van der Waals surface area contributed by atoms with Crippen molar-refractivity contribution in [2.45, 2.75) is 38.1 Å². The minimum atomic E-state index is -0.480. The van der Waals surface area contributed by atoms with Crippen LogP contribution in [0.4, 0.5) is 0 Å². The minimum absolute atomic E-state index is 0.0589. The van der Waals surface area contributed by atoms with Crippen molar-refractivity contribution in [1.29, 1.82) is 0 Å². The maximum Gasteiger partial charge on any atom is 0.227 e. The van der Waals surface area contributed by atoms with Crippen LogP contribution < -0.4 is 5.32 Å². The molecule has 0 aliphatic heterocycles. The van der Waals surface area contributed by atoms with Crippen molar-refractivity contribution >= 4 is 16.7 Å². The molecule has 2 heteroatoms. The summed E-state index contributed by atoms with van der Waals surface area (Å²) in [6.45, 7) is 4.27. The number of hydrogen-bond acceptors (Lipinski definition) is 1.